The van der Waals surface area contributed by atoms with Gasteiger partial charge in [-0.25, -0.2) is 14.4 Å². The van der Waals surface area contributed by atoms with E-state index < -0.39 is 5.82 Å². The molecule has 0 saturated carbocycles. The predicted octanol–water partition coefficient (Wildman–Crippen LogP) is 2.88. The summed E-state index contributed by atoms with van der Waals surface area (Å²) < 4.78 is 19.1. The van der Waals surface area contributed by atoms with Crippen LogP contribution in [-0.4, -0.2) is 40.4 Å². The highest BCUT2D eigenvalue weighted by molar-refractivity contribution is 7.99. The largest absolute Gasteiger partial charge is 0.436 e. The van der Waals surface area contributed by atoms with Crippen LogP contribution in [0.1, 0.15) is 5.56 Å². The number of aromatic nitrogens is 1. The van der Waals surface area contributed by atoms with E-state index in [1.165, 1.54) is 6.07 Å². The van der Waals surface area contributed by atoms with Gasteiger partial charge < -0.3 is 15.4 Å². The molecular formula is C17H19FN4OS. The summed E-state index contributed by atoms with van der Waals surface area (Å²) >= 11 is 1.93. The standard InChI is InChI=1S/C17H19FN4OS/c18-14-3-1-2-4-15(14)23-16-11-13(5-6-20-16)12-21-17(19)22-7-9-24-10-8-22/h1-6,11H,7-10,12H2,(H2,19,21). The molecule has 0 unspecified atom stereocenters. The van der Waals surface area contributed by atoms with Crippen molar-refractivity contribution in [3.05, 3.63) is 54.0 Å². The number of para-hydroxylation sites is 1. The maximum Gasteiger partial charge on any atom is 0.219 e. The van der Waals surface area contributed by atoms with Gasteiger partial charge >= 0.3 is 0 Å². The van der Waals surface area contributed by atoms with Gasteiger partial charge in [0.15, 0.2) is 17.5 Å². The number of pyridine rings is 1. The van der Waals surface area contributed by atoms with Crippen molar-refractivity contribution in [2.75, 3.05) is 24.6 Å². The molecule has 2 heterocycles. The second-order valence-electron chi connectivity index (χ2n) is 5.31. The number of aliphatic imine (C=N–C) groups is 1. The van der Waals surface area contributed by atoms with E-state index >= 15 is 0 Å². The highest BCUT2D eigenvalue weighted by Gasteiger charge is 2.12. The van der Waals surface area contributed by atoms with Crippen LogP contribution >= 0.6 is 11.8 Å². The zero-order valence-electron chi connectivity index (χ0n) is 13.2. The van der Waals surface area contributed by atoms with Crippen LogP contribution in [0.3, 0.4) is 0 Å². The average Bonchev–Trinajstić information content (AvgIpc) is 2.63. The SMILES string of the molecule is NC(=NCc1ccnc(Oc2ccccc2F)c1)N1CCSCC1. The molecule has 2 aromatic rings. The third kappa shape index (κ3) is 4.38. The summed E-state index contributed by atoms with van der Waals surface area (Å²) in [5.74, 6) is 2.77. The molecule has 1 aliphatic rings. The number of hydrogen-bond donors (Lipinski definition) is 1. The van der Waals surface area contributed by atoms with Gasteiger partial charge in [0.05, 0.1) is 6.54 Å². The fourth-order valence-electron chi connectivity index (χ4n) is 2.31. The zero-order chi connectivity index (χ0) is 16.8. The zero-order valence-corrected chi connectivity index (χ0v) is 14.0. The van der Waals surface area contributed by atoms with Crippen molar-refractivity contribution >= 4 is 17.7 Å². The highest BCUT2D eigenvalue weighted by Crippen LogP contribution is 2.23. The second kappa shape index (κ2) is 8.01. The van der Waals surface area contributed by atoms with Crippen molar-refractivity contribution in [2.45, 2.75) is 6.54 Å². The molecule has 3 rings (SSSR count). The summed E-state index contributed by atoms with van der Waals surface area (Å²) in [5.41, 5.74) is 6.96. The fourth-order valence-corrected chi connectivity index (χ4v) is 3.21. The van der Waals surface area contributed by atoms with Crippen LogP contribution in [0, 0.1) is 5.82 Å². The summed E-state index contributed by atoms with van der Waals surface area (Å²) in [6.45, 7) is 2.29. The van der Waals surface area contributed by atoms with E-state index in [-0.39, 0.29) is 5.75 Å². The Balaban J connectivity index is 1.66. The molecule has 1 fully saturated rings. The average molecular weight is 346 g/mol. The smallest absolute Gasteiger partial charge is 0.219 e. The summed E-state index contributed by atoms with van der Waals surface area (Å²) in [6, 6.07) is 9.83. The Labute approximate surface area is 144 Å². The van der Waals surface area contributed by atoms with Crippen molar-refractivity contribution < 1.29 is 9.13 Å². The van der Waals surface area contributed by atoms with Crippen molar-refractivity contribution in [1.29, 1.82) is 0 Å². The minimum Gasteiger partial charge on any atom is -0.436 e. The quantitative estimate of drug-likeness (QED) is 0.681. The molecule has 1 aromatic carbocycles. The van der Waals surface area contributed by atoms with Gasteiger partial charge in [-0.1, -0.05) is 12.1 Å². The molecule has 126 valence electrons. The van der Waals surface area contributed by atoms with Gasteiger partial charge in [-0.3, -0.25) is 0 Å². The minimum atomic E-state index is -0.421. The Hall–Kier alpha value is -2.28. The predicted molar refractivity (Wildman–Crippen MR) is 94.9 cm³/mol. The first kappa shape index (κ1) is 16.6. The third-order valence-electron chi connectivity index (χ3n) is 3.61. The molecule has 0 amide bonds. The van der Waals surface area contributed by atoms with Crippen LogP contribution in [-0.2, 0) is 6.54 Å². The lowest BCUT2D eigenvalue weighted by atomic mass is 10.2. The lowest BCUT2D eigenvalue weighted by Crippen LogP contribution is -2.42. The summed E-state index contributed by atoms with van der Waals surface area (Å²) in [4.78, 5) is 10.6. The van der Waals surface area contributed by atoms with Gasteiger partial charge in [-0.15, -0.1) is 0 Å². The number of halogens is 1. The number of thioether (sulfide) groups is 1. The van der Waals surface area contributed by atoms with Gasteiger partial charge in [-0.05, 0) is 23.8 Å². The van der Waals surface area contributed by atoms with Crippen molar-refractivity contribution in [1.82, 2.24) is 9.88 Å². The maximum absolute atomic E-state index is 13.6. The summed E-state index contributed by atoms with van der Waals surface area (Å²) in [6.07, 6.45) is 1.62. The number of nitrogens with zero attached hydrogens (tertiary/aromatic N) is 3. The molecule has 0 bridgehead atoms. The molecule has 1 aliphatic heterocycles. The Morgan fingerprint density at radius 3 is 2.88 bits per heavy atom. The highest BCUT2D eigenvalue weighted by atomic mass is 32.2. The molecule has 7 heteroatoms. The number of ether oxygens (including phenoxy) is 1. The number of benzene rings is 1. The number of guanidine groups is 1. The number of nitrogens with two attached hydrogens (primary N) is 1. The summed E-state index contributed by atoms with van der Waals surface area (Å²) in [5, 5.41) is 0. The number of rotatable bonds is 4. The van der Waals surface area contributed by atoms with E-state index in [1.54, 1.807) is 30.5 Å². The Morgan fingerprint density at radius 2 is 2.08 bits per heavy atom. The van der Waals surface area contributed by atoms with Crippen LogP contribution in [0.5, 0.6) is 11.6 Å². The molecule has 2 N–H and O–H groups in total. The maximum atomic E-state index is 13.6. The molecule has 1 aromatic heterocycles. The van der Waals surface area contributed by atoms with Gasteiger partial charge in [0.2, 0.25) is 5.88 Å². The van der Waals surface area contributed by atoms with Crippen LogP contribution in [0.4, 0.5) is 4.39 Å². The molecule has 24 heavy (non-hydrogen) atoms. The first-order valence-electron chi connectivity index (χ1n) is 7.72. The first-order valence-corrected chi connectivity index (χ1v) is 8.88. The van der Waals surface area contributed by atoms with E-state index in [0.29, 0.717) is 18.4 Å². The Bertz CT molecular complexity index is 719. The van der Waals surface area contributed by atoms with Crippen molar-refractivity contribution in [3.63, 3.8) is 0 Å². The first-order chi connectivity index (χ1) is 11.7. The van der Waals surface area contributed by atoms with Crippen molar-refractivity contribution in [2.24, 2.45) is 10.7 Å². The van der Waals surface area contributed by atoms with Gasteiger partial charge in [0.1, 0.15) is 0 Å². The van der Waals surface area contributed by atoms with Gasteiger partial charge in [0, 0.05) is 36.9 Å². The Morgan fingerprint density at radius 1 is 1.29 bits per heavy atom. The van der Waals surface area contributed by atoms with Gasteiger partial charge in [0.25, 0.3) is 0 Å². The minimum absolute atomic E-state index is 0.149. The lowest BCUT2D eigenvalue weighted by molar-refractivity contribution is 0.427. The molecule has 0 atom stereocenters. The monoisotopic (exact) mass is 346 g/mol. The van der Waals surface area contributed by atoms with E-state index in [2.05, 4.69) is 14.9 Å². The van der Waals surface area contributed by atoms with Crippen LogP contribution in [0.25, 0.3) is 0 Å². The van der Waals surface area contributed by atoms with Crippen LogP contribution in [0.15, 0.2) is 47.6 Å². The third-order valence-corrected chi connectivity index (χ3v) is 4.55. The molecule has 0 radical (unpaired) electrons. The molecule has 0 aliphatic carbocycles. The summed E-state index contributed by atoms with van der Waals surface area (Å²) in [7, 11) is 0. The molecular weight excluding hydrogens is 327 g/mol. The van der Waals surface area contributed by atoms with E-state index in [4.69, 9.17) is 10.5 Å². The van der Waals surface area contributed by atoms with E-state index in [1.807, 2.05) is 17.8 Å². The van der Waals surface area contributed by atoms with Crippen molar-refractivity contribution in [3.8, 4) is 11.6 Å². The van der Waals surface area contributed by atoms with E-state index in [9.17, 15) is 4.39 Å². The lowest BCUT2D eigenvalue weighted by Gasteiger charge is -2.27. The molecule has 5 nitrogen and oxygen atoms in total. The Kier molecular flexibility index (Phi) is 5.53. The fraction of sp³-hybridized carbons (Fsp3) is 0.294. The molecule has 1 saturated heterocycles. The normalized spacial score (nSPS) is 15.4. The topological polar surface area (TPSA) is 63.7 Å². The second-order valence-corrected chi connectivity index (χ2v) is 6.53. The van der Waals surface area contributed by atoms with Crippen LogP contribution in [0.2, 0.25) is 0 Å². The molecule has 0 spiro atoms. The van der Waals surface area contributed by atoms with Gasteiger partial charge in [-0.2, -0.15) is 11.8 Å². The van der Waals surface area contributed by atoms with E-state index in [0.717, 1.165) is 30.2 Å². The van der Waals surface area contributed by atoms with Crippen LogP contribution < -0.4 is 10.5 Å². The number of hydrogen-bond acceptors (Lipinski definition) is 4.